The van der Waals surface area contributed by atoms with Crippen molar-refractivity contribution < 1.29 is 4.79 Å². The maximum absolute atomic E-state index is 12.4. The van der Waals surface area contributed by atoms with Gasteiger partial charge in [0.15, 0.2) is 0 Å². The highest BCUT2D eigenvalue weighted by atomic mass is 127. The average Bonchev–Trinajstić information content (AvgIpc) is 2.38. The van der Waals surface area contributed by atoms with E-state index in [9.17, 15) is 4.79 Å². The van der Waals surface area contributed by atoms with Gasteiger partial charge in [-0.3, -0.25) is 9.69 Å². The van der Waals surface area contributed by atoms with Crippen molar-refractivity contribution in [2.45, 2.75) is 19.9 Å². The van der Waals surface area contributed by atoms with Gasteiger partial charge in [0.25, 0.3) is 5.91 Å². The van der Waals surface area contributed by atoms with Gasteiger partial charge in [0.05, 0.1) is 0 Å². The molecule has 4 heteroatoms. The molecule has 1 aromatic carbocycles. The summed E-state index contributed by atoms with van der Waals surface area (Å²) >= 11 is 2.25. The third kappa shape index (κ3) is 3.03. The van der Waals surface area contributed by atoms with E-state index in [0.717, 1.165) is 35.3 Å². The fourth-order valence-electron chi connectivity index (χ4n) is 2.42. The Balaban J connectivity index is 2.04. The van der Waals surface area contributed by atoms with Crippen molar-refractivity contribution in [2.75, 3.05) is 26.2 Å². The van der Waals surface area contributed by atoms with Gasteiger partial charge in [-0.05, 0) is 60.3 Å². The zero-order valence-corrected chi connectivity index (χ0v) is 13.1. The molecular weight excluding hydrogens is 339 g/mol. The van der Waals surface area contributed by atoms with E-state index < -0.39 is 0 Å². The van der Waals surface area contributed by atoms with E-state index in [1.54, 1.807) is 0 Å². The van der Waals surface area contributed by atoms with Crippen LogP contribution in [-0.2, 0) is 0 Å². The normalized spacial score (nSPS) is 21.1. The Labute approximate surface area is 122 Å². The highest BCUT2D eigenvalue weighted by Gasteiger charge is 2.26. The molecule has 0 aliphatic carbocycles. The van der Waals surface area contributed by atoms with Crippen LogP contribution in [0.3, 0.4) is 0 Å². The minimum atomic E-state index is 0.161. The van der Waals surface area contributed by atoms with Gasteiger partial charge in [-0.2, -0.15) is 0 Å². The molecule has 18 heavy (non-hydrogen) atoms. The summed E-state index contributed by atoms with van der Waals surface area (Å²) in [6, 6.07) is 8.26. The quantitative estimate of drug-likeness (QED) is 0.759. The maximum Gasteiger partial charge on any atom is 0.253 e. The van der Waals surface area contributed by atoms with E-state index >= 15 is 0 Å². The number of benzene rings is 1. The molecule has 0 bridgehead atoms. The van der Waals surface area contributed by atoms with Crippen LogP contribution in [0.2, 0.25) is 0 Å². The average molecular weight is 358 g/mol. The maximum atomic E-state index is 12.4. The van der Waals surface area contributed by atoms with Crippen molar-refractivity contribution in [3.05, 3.63) is 33.4 Å². The van der Waals surface area contributed by atoms with Gasteiger partial charge in [-0.25, -0.2) is 0 Å². The first kappa shape index (κ1) is 13.8. The highest BCUT2D eigenvalue weighted by Crippen LogP contribution is 2.14. The molecule has 0 saturated carbocycles. The van der Waals surface area contributed by atoms with Crippen molar-refractivity contribution >= 4 is 28.5 Å². The molecule has 2 rings (SSSR count). The zero-order valence-electron chi connectivity index (χ0n) is 10.9. The van der Waals surface area contributed by atoms with E-state index in [0.29, 0.717) is 6.04 Å². The Morgan fingerprint density at radius 2 is 2.00 bits per heavy atom. The highest BCUT2D eigenvalue weighted by molar-refractivity contribution is 14.1. The number of nitrogens with zero attached hydrogens (tertiary/aromatic N) is 2. The molecule has 0 radical (unpaired) electrons. The van der Waals surface area contributed by atoms with Crippen LogP contribution in [0.5, 0.6) is 0 Å². The van der Waals surface area contributed by atoms with Gasteiger partial charge in [0.2, 0.25) is 0 Å². The minimum Gasteiger partial charge on any atom is -0.336 e. The topological polar surface area (TPSA) is 23.6 Å². The molecule has 0 aromatic heterocycles. The number of hydrogen-bond donors (Lipinski definition) is 0. The van der Waals surface area contributed by atoms with Gasteiger partial charge in [0.1, 0.15) is 0 Å². The van der Waals surface area contributed by atoms with E-state index in [2.05, 4.69) is 41.3 Å². The predicted molar refractivity (Wildman–Crippen MR) is 81.8 cm³/mol. The third-order valence-corrected chi connectivity index (χ3v) is 4.27. The summed E-state index contributed by atoms with van der Waals surface area (Å²) in [5.74, 6) is 0.161. The van der Waals surface area contributed by atoms with Gasteiger partial charge in [-0.1, -0.05) is 6.92 Å². The summed E-state index contributed by atoms with van der Waals surface area (Å²) in [4.78, 5) is 16.7. The van der Waals surface area contributed by atoms with Crippen molar-refractivity contribution in [1.82, 2.24) is 9.80 Å². The SMILES string of the molecule is CCN1CCN(C(=O)c2ccc(I)cc2)CC1C. The summed E-state index contributed by atoms with van der Waals surface area (Å²) in [5, 5.41) is 0. The van der Waals surface area contributed by atoms with Crippen molar-refractivity contribution in [3.8, 4) is 0 Å². The van der Waals surface area contributed by atoms with E-state index in [4.69, 9.17) is 0 Å². The number of carbonyl (C=O) groups is 1. The van der Waals surface area contributed by atoms with Crippen LogP contribution < -0.4 is 0 Å². The first-order valence-corrected chi connectivity index (χ1v) is 7.48. The summed E-state index contributed by atoms with van der Waals surface area (Å²) in [6.07, 6.45) is 0. The molecule has 1 aromatic rings. The molecule has 1 unspecified atom stereocenters. The molecule has 1 fully saturated rings. The second-order valence-corrected chi connectivity index (χ2v) is 5.98. The van der Waals surface area contributed by atoms with Crippen molar-refractivity contribution in [3.63, 3.8) is 0 Å². The van der Waals surface area contributed by atoms with Crippen molar-refractivity contribution in [1.29, 1.82) is 0 Å². The fraction of sp³-hybridized carbons (Fsp3) is 0.500. The molecule has 1 atom stereocenters. The van der Waals surface area contributed by atoms with Gasteiger partial charge in [-0.15, -0.1) is 0 Å². The number of amides is 1. The molecule has 1 aliphatic rings. The number of likely N-dealkylation sites (N-methyl/N-ethyl adjacent to an activating group) is 1. The summed E-state index contributed by atoms with van der Waals surface area (Å²) in [6.45, 7) is 8.08. The number of piperazine rings is 1. The molecule has 0 spiro atoms. The van der Waals surface area contributed by atoms with Crippen LogP contribution in [0.1, 0.15) is 24.2 Å². The van der Waals surface area contributed by atoms with Gasteiger partial charge in [0, 0.05) is 34.8 Å². The Bertz CT molecular complexity index is 418. The monoisotopic (exact) mass is 358 g/mol. The summed E-state index contributed by atoms with van der Waals surface area (Å²) in [5.41, 5.74) is 0.799. The lowest BCUT2D eigenvalue weighted by Gasteiger charge is -2.39. The lowest BCUT2D eigenvalue weighted by atomic mass is 10.1. The largest absolute Gasteiger partial charge is 0.336 e. The molecule has 1 aliphatic heterocycles. The minimum absolute atomic E-state index is 0.161. The number of hydrogen-bond acceptors (Lipinski definition) is 2. The Kier molecular flexibility index (Phi) is 4.61. The van der Waals surface area contributed by atoms with Crippen LogP contribution in [0.15, 0.2) is 24.3 Å². The molecule has 1 amide bonds. The third-order valence-electron chi connectivity index (χ3n) is 3.55. The molecule has 0 N–H and O–H groups in total. The van der Waals surface area contributed by atoms with Crippen LogP contribution >= 0.6 is 22.6 Å². The van der Waals surface area contributed by atoms with Crippen molar-refractivity contribution in [2.24, 2.45) is 0 Å². The first-order chi connectivity index (χ1) is 8.61. The zero-order chi connectivity index (χ0) is 13.1. The summed E-state index contributed by atoms with van der Waals surface area (Å²) in [7, 11) is 0. The van der Waals surface area contributed by atoms with E-state index in [-0.39, 0.29) is 5.91 Å². The molecule has 98 valence electrons. The van der Waals surface area contributed by atoms with Crippen LogP contribution in [0, 0.1) is 3.57 Å². The Hall–Kier alpha value is -0.620. The first-order valence-electron chi connectivity index (χ1n) is 6.40. The second kappa shape index (κ2) is 6.02. The molecule has 3 nitrogen and oxygen atoms in total. The Morgan fingerprint density at radius 3 is 2.56 bits per heavy atom. The fourth-order valence-corrected chi connectivity index (χ4v) is 2.78. The summed E-state index contributed by atoms with van der Waals surface area (Å²) < 4.78 is 1.16. The second-order valence-electron chi connectivity index (χ2n) is 4.74. The predicted octanol–water partition coefficient (Wildman–Crippen LogP) is 2.46. The van der Waals surface area contributed by atoms with Crippen LogP contribution in [0.4, 0.5) is 0 Å². The lowest BCUT2D eigenvalue weighted by Crippen LogP contribution is -2.53. The van der Waals surface area contributed by atoms with Crippen LogP contribution in [-0.4, -0.2) is 47.9 Å². The van der Waals surface area contributed by atoms with Crippen LogP contribution in [0.25, 0.3) is 0 Å². The lowest BCUT2D eigenvalue weighted by molar-refractivity contribution is 0.0528. The number of rotatable bonds is 2. The number of halogens is 1. The van der Waals surface area contributed by atoms with Gasteiger partial charge < -0.3 is 4.90 Å². The standard InChI is InChI=1S/C14H19IN2O/c1-3-16-8-9-17(10-11(16)2)14(18)12-4-6-13(15)7-5-12/h4-7,11H,3,8-10H2,1-2H3. The molecule has 1 heterocycles. The smallest absolute Gasteiger partial charge is 0.253 e. The molecular formula is C14H19IN2O. The molecule has 1 saturated heterocycles. The van der Waals surface area contributed by atoms with E-state index in [1.165, 1.54) is 0 Å². The Morgan fingerprint density at radius 1 is 1.33 bits per heavy atom. The van der Waals surface area contributed by atoms with Gasteiger partial charge >= 0.3 is 0 Å². The number of carbonyl (C=O) groups excluding carboxylic acids is 1. The van der Waals surface area contributed by atoms with E-state index in [1.807, 2.05) is 29.2 Å².